The molecule has 1 aromatic rings. The van der Waals surface area contributed by atoms with Crippen LogP contribution in [0.3, 0.4) is 0 Å². The largest absolute Gasteiger partial charge is 0.371 e. The molecule has 2 nitrogen and oxygen atoms in total. The van der Waals surface area contributed by atoms with Gasteiger partial charge in [-0.05, 0) is 55.3 Å². The molecular weight excluding hydrogens is 256 g/mol. The van der Waals surface area contributed by atoms with Gasteiger partial charge >= 0.3 is 0 Å². The fourth-order valence-electron chi connectivity index (χ4n) is 3.64. The van der Waals surface area contributed by atoms with Crippen molar-refractivity contribution < 1.29 is 0 Å². The summed E-state index contributed by atoms with van der Waals surface area (Å²) in [6, 6.07) is 9.75. The molecule has 0 spiro atoms. The molecule has 1 unspecified atom stereocenters. The SMILES string of the molecule is CCNC(CC)c1ccc(N2CCC(CC)(CC)C2)cc1. The van der Waals surface area contributed by atoms with Crippen molar-refractivity contribution in [2.45, 2.75) is 59.4 Å². The highest BCUT2D eigenvalue weighted by Crippen LogP contribution is 2.39. The number of nitrogens with zero attached hydrogens (tertiary/aromatic N) is 1. The number of hydrogen-bond acceptors (Lipinski definition) is 2. The summed E-state index contributed by atoms with van der Waals surface area (Å²) in [5.74, 6) is 0. The Balaban J connectivity index is 2.06. The average molecular weight is 288 g/mol. The Kier molecular flexibility index (Phi) is 5.69. The second-order valence-electron chi connectivity index (χ2n) is 6.49. The van der Waals surface area contributed by atoms with E-state index >= 15 is 0 Å². The van der Waals surface area contributed by atoms with Gasteiger partial charge < -0.3 is 10.2 Å². The molecule has 1 heterocycles. The van der Waals surface area contributed by atoms with Crippen molar-refractivity contribution in [1.29, 1.82) is 0 Å². The first-order valence-corrected chi connectivity index (χ1v) is 8.76. The lowest BCUT2D eigenvalue weighted by molar-refractivity contribution is 0.301. The van der Waals surface area contributed by atoms with Crippen LogP contribution in [-0.4, -0.2) is 19.6 Å². The number of rotatable bonds is 7. The van der Waals surface area contributed by atoms with E-state index in [1.165, 1.54) is 43.6 Å². The Morgan fingerprint density at radius 2 is 1.76 bits per heavy atom. The number of anilines is 1. The number of benzene rings is 1. The van der Waals surface area contributed by atoms with E-state index in [1.54, 1.807) is 0 Å². The Morgan fingerprint density at radius 3 is 2.24 bits per heavy atom. The lowest BCUT2D eigenvalue weighted by Gasteiger charge is -2.27. The molecule has 0 aliphatic carbocycles. The van der Waals surface area contributed by atoms with Gasteiger partial charge in [-0.25, -0.2) is 0 Å². The summed E-state index contributed by atoms with van der Waals surface area (Å²) in [4.78, 5) is 2.57. The van der Waals surface area contributed by atoms with Gasteiger partial charge in [-0.3, -0.25) is 0 Å². The van der Waals surface area contributed by atoms with Crippen LogP contribution in [0.4, 0.5) is 5.69 Å². The summed E-state index contributed by atoms with van der Waals surface area (Å²) >= 11 is 0. The summed E-state index contributed by atoms with van der Waals surface area (Å²) in [5, 5.41) is 3.56. The van der Waals surface area contributed by atoms with Crippen molar-refractivity contribution in [2.24, 2.45) is 5.41 Å². The van der Waals surface area contributed by atoms with Gasteiger partial charge in [-0.2, -0.15) is 0 Å². The molecule has 0 aromatic heterocycles. The van der Waals surface area contributed by atoms with E-state index < -0.39 is 0 Å². The quantitative estimate of drug-likeness (QED) is 0.778. The monoisotopic (exact) mass is 288 g/mol. The zero-order valence-corrected chi connectivity index (χ0v) is 14.3. The highest BCUT2D eigenvalue weighted by molar-refractivity contribution is 5.49. The molecule has 1 aliphatic heterocycles. The minimum atomic E-state index is 0.494. The molecule has 2 heteroatoms. The first-order valence-electron chi connectivity index (χ1n) is 8.76. The third-order valence-corrected chi connectivity index (χ3v) is 5.46. The zero-order chi connectivity index (χ0) is 15.3. The zero-order valence-electron chi connectivity index (χ0n) is 14.3. The fourth-order valence-corrected chi connectivity index (χ4v) is 3.64. The molecule has 1 N–H and O–H groups in total. The maximum Gasteiger partial charge on any atom is 0.0366 e. The van der Waals surface area contributed by atoms with Crippen LogP contribution in [0.25, 0.3) is 0 Å². The van der Waals surface area contributed by atoms with Crippen molar-refractivity contribution in [2.75, 3.05) is 24.5 Å². The molecule has 1 aromatic carbocycles. The van der Waals surface area contributed by atoms with Gasteiger partial charge in [-0.1, -0.05) is 39.8 Å². The van der Waals surface area contributed by atoms with Crippen molar-refractivity contribution >= 4 is 5.69 Å². The molecule has 0 saturated carbocycles. The second-order valence-corrected chi connectivity index (χ2v) is 6.49. The van der Waals surface area contributed by atoms with E-state index in [0.717, 1.165) is 13.0 Å². The predicted molar refractivity (Wildman–Crippen MR) is 93.0 cm³/mol. The van der Waals surface area contributed by atoms with Crippen molar-refractivity contribution in [1.82, 2.24) is 5.32 Å². The molecule has 2 rings (SSSR count). The van der Waals surface area contributed by atoms with Crippen LogP contribution in [-0.2, 0) is 0 Å². The molecule has 0 radical (unpaired) electrons. The van der Waals surface area contributed by atoms with E-state index in [-0.39, 0.29) is 0 Å². The first kappa shape index (κ1) is 16.4. The summed E-state index contributed by atoms with van der Waals surface area (Å²) < 4.78 is 0. The Morgan fingerprint density at radius 1 is 1.10 bits per heavy atom. The van der Waals surface area contributed by atoms with Crippen LogP contribution in [0.5, 0.6) is 0 Å². The van der Waals surface area contributed by atoms with Gasteiger partial charge in [0.2, 0.25) is 0 Å². The lowest BCUT2D eigenvalue weighted by Crippen LogP contribution is -2.26. The minimum Gasteiger partial charge on any atom is -0.371 e. The maximum absolute atomic E-state index is 3.56. The number of nitrogens with one attached hydrogen (secondary N) is 1. The first-order chi connectivity index (χ1) is 10.2. The lowest BCUT2D eigenvalue weighted by atomic mass is 9.82. The van der Waals surface area contributed by atoms with Gasteiger partial charge in [0.05, 0.1) is 0 Å². The standard InChI is InChI=1S/C19H32N2/c1-5-18(20-8-4)16-9-11-17(12-10-16)21-14-13-19(6-2,7-3)15-21/h9-12,18,20H,5-8,13-15H2,1-4H3. The highest BCUT2D eigenvalue weighted by Gasteiger charge is 2.34. The molecule has 1 fully saturated rings. The van der Waals surface area contributed by atoms with E-state index in [1.807, 2.05) is 0 Å². The van der Waals surface area contributed by atoms with E-state index in [0.29, 0.717) is 11.5 Å². The summed E-state index contributed by atoms with van der Waals surface area (Å²) in [7, 11) is 0. The van der Waals surface area contributed by atoms with Crippen LogP contribution in [0.1, 0.15) is 65.0 Å². The molecule has 0 amide bonds. The molecular formula is C19H32N2. The van der Waals surface area contributed by atoms with Crippen molar-refractivity contribution in [3.8, 4) is 0 Å². The maximum atomic E-state index is 3.56. The summed E-state index contributed by atoms with van der Waals surface area (Å²) in [5.41, 5.74) is 3.36. The molecule has 0 bridgehead atoms. The average Bonchev–Trinajstić information content (AvgIpc) is 2.98. The second kappa shape index (κ2) is 7.31. The Hall–Kier alpha value is -1.02. The molecule has 118 valence electrons. The smallest absolute Gasteiger partial charge is 0.0366 e. The van der Waals surface area contributed by atoms with Crippen molar-refractivity contribution in [3.63, 3.8) is 0 Å². The fraction of sp³-hybridized carbons (Fsp3) is 0.684. The van der Waals surface area contributed by atoms with E-state index in [4.69, 9.17) is 0 Å². The normalized spacial score (nSPS) is 19.0. The molecule has 1 aliphatic rings. The highest BCUT2D eigenvalue weighted by atomic mass is 15.2. The third kappa shape index (κ3) is 3.60. The molecule has 21 heavy (non-hydrogen) atoms. The van der Waals surface area contributed by atoms with Crippen LogP contribution < -0.4 is 10.2 Å². The van der Waals surface area contributed by atoms with Crippen LogP contribution in [0.15, 0.2) is 24.3 Å². The molecule has 1 atom stereocenters. The van der Waals surface area contributed by atoms with Gasteiger partial charge in [0.1, 0.15) is 0 Å². The Bertz CT molecular complexity index is 420. The number of hydrogen-bond donors (Lipinski definition) is 1. The Labute approximate surface area is 130 Å². The predicted octanol–water partition coefficient (Wildman–Crippen LogP) is 4.76. The van der Waals surface area contributed by atoms with Crippen LogP contribution in [0, 0.1) is 5.41 Å². The molecule has 1 saturated heterocycles. The van der Waals surface area contributed by atoms with Gasteiger partial charge in [0.25, 0.3) is 0 Å². The van der Waals surface area contributed by atoms with Crippen molar-refractivity contribution in [3.05, 3.63) is 29.8 Å². The van der Waals surface area contributed by atoms with E-state index in [2.05, 4.69) is 62.2 Å². The van der Waals surface area contributed by atoms with Gasteiger partial charge in [0, 0.05) is 24.8 Å². The van der Waals surface area contributed by atoms with Crippen LogP contribution >= 0.6 is 0 Å². The summed E-state index contributed by atoms with van der Waals surface area (Å²) in [6.07, 6.45) is 5.09. The minimum absolute atomic E-state index is 0.494. The van der Waals surface area contributed by atoms with Gasteiger partial charge in [0.15, 0.2) is 0 Å². The van der Waals surface area contributed by atoms with Crippen LogP contribution in [0.2, 0.25) is 0 Å². The summed E-state index contributed by atoms with van der Waals surface area (Å²) in [6.45, 7) is 12.6. The van der Waals surface area contributed by atoms with Gasteiger partial charge in [-0.15, -0.1) is 0 Å². The third-order valence-electron chi connectivity index (χ3n) is 5.46. The van der Waals surface area contributed by atoms with E-state index in [9.17, 15) is 0 Å². The topological polar surface area (TPSA) is 15.3 Å².